The zero-order valence-corrected chi connectivity index (χ0v) is 16.5. The first-order chi connectivity index (χ1) is 13.7. The third kappa shape index (κ3) is 4.03. The Kier molecular flexibility index (Phi) is 5.60. The lowest BCUT2D eigenvalue weighted by Gasteiger charge is -2.15. The van der Waals surface area contributed by atoms with Crippen molar-refractivity contribution >= 4 is 46.2 Å². The van der Waals surface area contributed by atoms with Gasteiger partial charge < -0.3 is 0 Å². The van der Waals surface area contributed by atoms with E-state index in [0.29, 0.717) is 21.6 Å². The van der Waals surface area contributed by atoms with E-state index in [4.69, 9.17) is 16.6 Å². The molecule has 0 spiro atoms. The van der Waals surface area contributed by atoms with Gasteiger partial charge in [-0.1, -0.05) is 78.3 Å². The average molecular weight is 405 g/mol. The minimum atomic E-state index is -0.0713. The molecule has 138 valence electrons. The molecule has 0 atom stereocenters. The smallest absolute Gasteiger partial charge is 0.268 e. The van der Waals surface area contributed by atoms with Crippen molar-refractivity contribution in [2.24, 2.45) is 4.99 Å². The van der Waals surface area contributed by atoms with Gasteiger partial charge in [0.15, 0.2) is 5.17 Å². The molecule has 0 radical (unpaired) electrons. The van der Waals surface area contributed by atoms with Gasteiger partial charge in [0.2, 0.25) is 0 Å². The molecule has 1 heterocycles. The number of carbonyl (C=O) groups is 1. The van der Waals surface area contributed by atoms with E-state index < -0.39 is 0 Å². The molecule has 28 heavy (non-hydrogen) atoms. The number of para-hydroxylation sites is 1. The molecule has 1 aliphatic heterocycles. The summed E-state index contributed by atoms with van der Waals surface area (Å²) >= 11 is 7.65. The molecule has 3 aromatic rings. The summed E-state index contributed by atoms with van der Waals surface area (Å²) in [7, 11) is 0. The predicted molar refractivity (Wildman–Crippen MR) is 119 cm³/mol. The van der Waals surface area contributed by atoms with Crippen LogP contribution in [0.5, 0.6) is 0 Å². The number of amidine groups is 1. The SMILES string of the molecule is O=C1/C(=C/c2ccccc2)SC(=NCc2ccccc2Cl)N1c1ccccc1. The Labute approximate surface area is 173 Å². The van der Waals surface area contributed by atoms with Gasteiger partial charge in [-0.25, -0.2) is 0 Å². The van der Waals surface area contributed by atoms with Crippen LogP contribution < -0.4 is 4.90 Å². The number of carbonyl (C=O) groups excluding carboxylic acids is 1. The topological polar surface area (TPSA) is 32.7 Å². The van der Waals surface area contributed by atoms with Crippen molar-refractivity contribution in [2.45, 2.75) is 6.54 Å². The molecule has 4 rings (SSSR count). The molecule has 5 heteroatoms. The molecule has 1 fully saturated rings. The minimum absolute atomic E-state index is 0.0713. The lowest BCUT2D eigenvalue weighted by atomic mass is 10.2. The Morgan fingerprint density at radius 1 is 0.893 bits per heavy atom. The maximum atomic E-state index is 13.1. The summed E-state index contributed by atoms with van der Waals surface area (Å²) < 4.78 is 0. The van der Waals surface area contributed by atoms with Gasteiger partial charge in [0.05, 0.1) is 17.1 Å². The van der Waals surface area contributed by atoms with Crippen LogP contribution in [0, 0.1) is 0 Å². The summed E-state index contributed by atoms with van der Waals surface area (Å²) in [5, 5.41) is 1.32. The molecular formula is C23H17ClN2OS. The Hall–Kier alpha value is -2.82. The highest BCUT2D eigenvalue weighted by Crippen LogP contribution is 2.36. The molecule has 0 unspecified atom stereocenters. The number of nitrogens with zero attached hydrogens (tertiary/aromatic N) is 2. The summed E-state index contributed by atoms with van der Waals surface area (Å²) in [6, 6.07) is 27.0. The largest absolute Gasteiger partial charge is 0.271 e. The Morgan fingerprint density at radius 3 is 2.25 bits per heavy atom. The van der Waals surface area contributed by atoms with Gasteiger partial charge in [0, 0.05) is 5.02 Å². The van der Waals surface area contributed by atoms with Crippen LogP contribution in [-0.4, -0.2) is 11.1 Å². The van der Waals surface area contributed by atoms with E-state index in [1.807, 2.05) is 91.0 Å². The predicted octanol–water partition coefficient (Wildman–Crippen LogP) is 6.02. The van der Waals surface area contributed by atoms with Crippen LogP contribution in [0.1, 0.15) is 11.1 Å². The van der Waals surface area contributed by atoms with Crippen molar-refractivity contribution in [3.63, 3.8) is 0 Å². The second-order valence-electron chi connectivity index (χ2n) is 6.19. The Balaban J connectivity index is 1.70. The molecule has 0 bridgehead atoms. The van der Waals surface area contributed by atoms with E-state index in [2.05, 4.69) is 0 Å². The number of halogens is 1. The summed E-state index contributed by atoms with van der Waals surface area (Å²) in [6.45, 7) is 0.414. The summed E-state index contributed by atoms with van der Waals surface area (Å²) in [4.78, 5) is 20.2. The van der Waals surface area contributed by atoms with Gasteiger partial charge in [-0.2, -0.15) is 0 Å². The second kappa shape index (κ2) is 8.46. The molecule has 0 N–H and O–H groups in total. The monoisotopic (exact) mass is 404 g/mol. The zero-order valence-electron chi connectivity index (χ0n) is 15.0. The Bertz CT molecular complexity index is 1050. The van der Waals surface area contributed by atoms with Crippen LogP contribution in [0.3, 0.4) is 0 Å². The highest BCUT2D eigenvalue weighted by atomic mass is 35.5. The van der Waals surface area contributed by atoms with Gasteiger partial charge in [-0.3, -0.25) is 14.7 Å². The van der Waals surface area contributed by atoms with Gasteiger partial charge >= 0.3 is 0 Å². The van der Waals surface area contributed by atoms with Crippen LogP contribution in [-0.2, 0) is 11.3 Å². The van der Waals surface area contributed by atoms with Crippen molar-refractivity contribution in [3.8, 4) is 0 Å². The van der Waals surface area contributed by atoms with E-state index in [0.717, 1.165) is 16.8 Å². The zero-order chi connectivity index (χ0) is 19.3. The maximum Gasteiger partial charge on any atom is 0.271 e. The third-order valence-corrected chi connectivity index (χ3v) is 5.64. The molecule has 3 aromatic carbocycles. The van der Waals surface area contributed by atoms with E-state index >= 15 is 0 Å². The molecule has 1 amide bonds. The number of benzene rings is 3. The first-order valence-electron chi connectivity index (χ1n) is 8.84. The van der Waals surface area contributed by atoms with Crippen LogP contribution in [0.15, 0.2) is 94.8 Å². The number of aliphatic imine (C=N–C) groups is 1. The fraction of sp³-hybridized carbons (Fsp3) is 0.0435. The lowest BCUT2D eigenvalue weighted by Crippen LogP contribution is -2.28. The number of anilines is 1. The van der Waals surface area contributed by atoms with E-state index in [-0.39, 0.29) is 5.91 Å². The standard InChI is InChI=1S/C23H17ClN2OS/c24-20-14-8-7-11-18(20)16-25-23-26(19-12-5-2-6-13-19)22(27)21(28-23)15-17-9-3-1-4-10-17/h1-15H,16H2/b21-15-,25-23?. The molecule has 0 aliphatic carbocycles. The van der Waals surface area contributed by atoms with Crippen LogP contribution in [0.4, 0.5) is 5.69 Å². The minimum Gasteiger partial charge on any atom is -0.268 e. The van der Waals surface area contributed by atoms with Crippen LogP contribution in [0.2, 0.25) is 5.02 Å². The number of amides is 1. The summed E-state index contributed by atoms with van der Waals surface area (Å²) in [6.07, 6.45) is 1.90. The highest BCUT2D eigenvalue weighted by molar-refractivity contribution is 8.19. The normalized spacial score (nSPS) is 16.9. The summed E-state index contributed by atoms with van der Waals surface area (Å²) in [5.74, 6) is -0.0713. The molecule has 0 aromatic heterocycles. The molecule has 1 aliphatic rings. The third-order valence-electron chi connectivity index (χ3n) is 4.26. The van der Waals surface area contributed by atoms with Crippen molar-refractivity contribution < 1.29 is 4.79 Å². The number of rotatable bonds is 4. The molecule has 1 saturated heterocycles. The van der Waals surface area contributed by atoms with E-state index in [1.165, 1.54) is 11.8 Å². The molecular weight excluding hydrogens is 388 g/mol. The summed E-state index contributed by atoms with van der Waals surface area (Å²) in [5.41, 5.74) is 2.71. The van der Waals surface area contributed by atoms with Gasteiger partial charge in [0.25, 0.3) is 5.91 Å². The van der Waals surface area contributed by atoms with Gasteiger partial charge in [0.1, 0.15) is 0 Å². The number of thioether (sulfide) groups is 1. The maximum absolute atomic E-state index is 13.1. The van der Waals surface area contributed by atoms with Crippen molar-refractivity contribution in [1.29, 1.82) is 0 Å². The molecule has 0 saturated carbocycles. The molecule has 3 nitrogen and oxygen atoms in total. The van der Waals surface area contributed by atoms with Crippen LogP contribution in [0.25, 0.3) is 6.08 Å². The lowest BCUT2D eigenvalue weighted by molar-refractivity contribution is -0.113. The second-order valence-corrected chi connectivity index (χ2v) is 7.60. The first-order valence-corrected chi connectivity index (χ1v) is 10.0. The quantitative estimate of drug-likeness (QED) is 0.498. The fourth-order valence-electron chi connectivity index (χ4n) is 2.86. The van der Waals surface area contributed by atoms with E-state index in [9.17, 15) is 4.79 Å². The van der Waals surface area contributed by atoms with E-state index in [1.54, 1.807) is 4.90 Å². The highest BCUT2D eigenvalue weighted by Gasteiger charge is 2.34. The van der Waals surface area contributed by atoms with Gasteiger partial charge in [-0.05, 0) is 47.2 Å². The van der Waals surface area contributed by atoms with Crippen molar-refractivity contribution in [1.82, 2.24) is 0 Å². The first kappa shape index (κ1) is 18.5. The average Bonchev–Trinajstić information content (AvgIpc) is 3.04. The number of hydrogen-bond acceptors (Lipinski definition) is 3. The van der Waals surface area contributed by atoms with Gasteiger partial charge in [-0.15, -0.1) is 0 Å². The fourth-order valence-corrected chi connectivity index (χ4v) is 4.04. The van der Waals surface area contributed by atoms with Crippen molar-refractivity contribution in [2.75, 3.05) is 4.90 Å². The van der Waals surface area contributed by atoms with Crippen molar-refractivity contribution in [3.05, 3.63) is 106 Å². The Morgan fingerprint density at radius 2 is 1.54 bits per heavy atom. The van der Waals surface area contributed by atoms with Crippen LogP contribution >= 0.6 is 23.4 Å². The number of hydrogen-bond donors (Lipinski definition) is 0.